The summed E-state index contributed by atoms with van der Waals surface area (Å²) in [5, 5.41) is 6.48. The Bertz CT molecular complexity index is 1160. The number of halogens is 1. The minimum absolute atomic E-state index is 0.0383. The third-order valence-electron chi connectivity index (χ3n) is 11.1. The molecule has 3 heterocycles. The maximum Gasteiger partial charge on any atom is 0.245 e. The Hall–Kier alpha value is -2.48. The van der Waals surface area contributed by atoms with Crippen LogP contribution in [0.4, 0.5) is 4.39 Å². The summed E-state index contributed by atoms with van der Waals surface area (Å²) in [6.07, 6.45) is 10.3. The lowest BCUT2D eigenvalue weighted by atomic mass is 9.63. The molecule has 8 heteroatoms. The van der Waals surface area contributed by atoms with Crippen molar-refractivity contribution >= 4 is 17.7 Å². The second kappa shape index (κ2) is 13.5. The predicted octanol–water partition coefficient (Wildman–Crippen LogP) is 5.47. The zero-order valence-corrected chi connectivity index (χ0v) is 27.7. The molecule has 3 amide bonds. The molecule has 5 aliphatic rings. The molecule has 2 aliphatic carbocycles. The first-order chi connectivity index (χ1) is 20.9. The molecule has 2 N–H and O–H groups in total. The molecule has 0 spiro atoms. The first-order valence-electron chi connectivity index (χ1n) is 17.3. The SMILES string of the molecule is CC(C)N1C[C@@H]2CC[C@H]1[C@H](C(=O)N[C@H](Cc1ccc(F)cc1)C(=O)N1CCC(C(=O)NC(C)(C)C)(C3CCCCC3)CC1)C2. The van der Waals surface area contributed by atoms with Crippen molar-refractivity contribution in [3.63, 3.8) is 0 Å². The van der Waals surface area contributed by atoms with E-state index < -0.39 is 11.5 Å². The summed E-state index contributed by atoms with van der Waals surface area (Å²) in [7, 11) is 0. The van der Waals surface area contributed by atoms with Crippen molar-refractivity contribution in [1.29, 1.82) is 0 Å². The minimum Gasteiger partial charge on any atom is -0.351 e. The molecule has 244 valence electrons. The lowest BCUT2D eigenvalue weighted by Gasteiger charge is -2.51. The van der Waals surface area contributed by atoms with Crippen LogP contribution in [-0.2, 0) is 20.8 Å². The van der Waals surface area contributed by atoms with E-state index in [2.05, 4.69) is 29.4 Å². The Labute approximate surface area is 264 Å². The van der Waals surface area contributed by atoms with Crippen LogP contribution in [0.1, 0.15) is 104 Å². The summed E-state index contributed by atoms with van der Waals surface area (Å²) < 4.78 is 13.7. The maximum absolute atomic E-state index is 14.2. The molecule has 0 radical (unpaired) electrons. The fourth-order valence-corrected chi connectivity index (χ4v) is 8.74. The third-order valence-corrected chi connectivity index (χ3v) is 11.1. The van der Waals surface area contributed by atoms with Gasteiger partial charge in [-0.2, -0.15) is 0 Å². The number of nitrogens with one attached hydrogen (secondary N) is 2. The first kappa shape index (κ1) is 32.9. The van der Waals surface area contributed by atoms with Gasteiger partial charge in [-0.1, -0.05) is 31.4 Å². The Morgan fingerprint density at radius 3 is 2.23 bits per heavy atom. The second-order valence-electron chi connectivity index (χ2n) is 15.6. The number of carbonyl (C=O) groups is 3. The molecule has 5 fully saturated rings. The van der Waals surface area contributed by atoms with Gasteiger partial charge in [-0.3, -0.25) is 19.3 Å². The largest absolute Gasteiger partial charge is 0.351 e. The normalized spacial score (nSPS) is 26.8. The molecule has 2 bridgehead atoms. The van der Waals surface area contributed by atoms with E-state index in [9.17, 15) is 18.8 Å². The van der Waals surface area contributed by atoms with Crippen LogP contribution < -0.4 is 10.6 Å². The minimum atomic E-state index is -0.730. The van der Waals surface area contributed by atoms with E-state index in [0.29, 0.717) is 50.2 Å². The highest BCUT2D eigenvalue weighted by molar-refractivity contribution is 5.90. The van der Waals surface area contributed by atoms with Gasteiger partial charge in [-0.25, -0.2) is 4.39 Å². The van der Waals surface area contributed by atoms with Gasteiger partial charge >= 0.3 is 0 Å². The van der Waals surface area contributed by atoms with E-state index >= 15 is 0 Å². The van der Waals surface area contributed by atoms with E-state index in [-0.39, 0.29) is 41.0 Å². The van der Waals surface area contributed by atoms with E-state index in [1.54, 1.807) is 12.1 Å². The molecule has 3 aliphatic heterocycles. The number of amides is 3. The summed E-state index contributed by atoms with van der Waals surface area (Å²) in [6.45, 7) is 12.5. The quantitative estimate of drug-likeness (QED) is 0.409. The van der Waals surface area contributed by atoms with Crippen molar-refractivity contribution in [1.82, 2.24) is 20.4 Å². The third kappa shape index (κ3) is 7.32. The Balaban J connectivity index is 1.33. The number of nitrogens with zero attached hydrogens (tertiary/aromatic N) is 2. The van der Waals surface area contributed by atoms with Gasteiger partial charge in [0.1, 0.15) is 11.9 Å². The first-order valence-corrected chi connectivity index (χ1v) is 17.3. The second-order valence-corrected chi connectivity index (χ2v) is 15.6. The lowest BCUT2D eigenvalue weighted by Crippen LogP contribution is -2.61. The smallest absolute Gasteiger partial charge is 0.245 e. The van der Waals surface area contributed by atoms with Gasteiger partial charge in [-0.15, -0.1) is 0 Å². The molecule has 4 atom stereocenters. The Morgan fingerprint density at radius 1 is 0.977 bits per heavy atom. The molecule has 3 saturated heterocycles. The average molecular weight is 611 g/mol. The molecule has 7 nitrogen and oxygen atoms in total. The van der Waals surface area contributed by atoms with Crippen LogP contribution in [0.15, 0.2) is 24.3 Å². The predicted molar refractivity (Wildman–Crippen MR) is 171 cm³/mol. The van der Waals surface area contributed by atoms with E-state index in [4.69, 9.17) is 0 Å². The van der Waals surface area contributed by atoms with Crippen molar-refractivity contribution in [2.24, 2.45) is 23.2 Å². The number of likely N-dealkylation sites (tertiary alicyclic amines) is 1. The van der Waals surface area contributed by atoms with Crippen LogP contribution in [-0.4, -0.2) is 70.8 Å². The van der Waals surface area contributed by atoms with E-state index in [1.165, 1.54) is 18.6 Å². The molecule has 0 unspecified atom stereocenters. The molecular weight excluding hydrogens is 555 g/mol. The molecule has 1 aromatic rings. The fraction of sp³-hybridized carbons (Fsp3) is 0.750. The highest BCUT2D eigenvalue weighted by Crippen LogP contribution is 2.46. The maximum atomic E-state index is 14.2. The number of carbonyl (C=O) groups excluding carboxylic acids is 3. The van der Waals surface area contributed by atoms with Gasteiger partial charge in [-0.05, 0) is 109 Å². The number of piperidine rings is 3. The number of hydrogen-bond donors (Lipinski definition) is 2. The summed E-state index contributed by atoms with van der Waals surface area (Å²) in [5.41, 5.74) is 0.0269. The van der Waals surface area contributed by atoms with Gasteiger partial charge < -0.3 is 15.5 Å². The van der Waals surface area contributed by atoms with Crippen molar-refractivity contribution in [2.75, 3.05) is 19.6 Å². The van der Waals surface area contributed by atoms with Crippen molar-refractivity contribution in [2.45, 2.75) is 129 Å². The van der Waals surface area contributed by atoms with Gasteiger partial charge in [0.2, 0.25) is 17.7 Å². The van der Waals surface area contributed by atoms with Crippen LogP contribution >= 0.6 is 0 Å². The zero-order chi connectivity index (χ0) is 31.6. The molecule has 2 saturated carbocycles. The standard InChI is InChI=1S/C36H55FN4O3/c1-24(2)41-23-26-13-16-31(41)29(21-26)32(42)38-30(22-25-11-14-28(37)15-12-25)33(43)40-19-17-36(18-20-40,27-9-7-6-8-10-27)34(44)39-35(3,4)5/h11-12,14-15,24,26-27,29-31H,6-10,13,16-23H2,1-5H3,(H,38,42)(H,39,44)/t26-,29-,30-,31+/m1/s1. The van der Waals surface area contributed by atoms with Gasteiger partial charge in [0.15, 0.2) is 0 Å². The number of benzene rings is 1. The van der Waals surface area contributed by atoms with Crippen LogP contribution in [0.2, 0.25) is 0 Å². The Kier molecular flexibility index (Phi) is 10.1. The van der Waals surface area contributed by atoms with Crippen LogP contribution in [0, 0.1) is 29.0 Å². The molecule has 44 heavy (non-hydrogen) atoms. The van der Waals surface area contributed by atoms with Crippen LogP contribution in [0.5, 0.6) is 0 Å². The summed E-state index contributed by atoms with van der Waals surface area (Å²) in [5.74, 6) is 0.379. The fourth-order valence-electron chi connectivity index (χ4n) is 8.74. The summed E-state index contributed by atoms with van der Waals surface area (Å²) in [4.78, 5) is 46.3. The van der Waals surface area contributed by atoms with Crippen LogP contribution in [0.25, 0.3) is 0 Å². The van der Waals surface area contributed by atoms with Gasteiger partial charge in [0, 0.05) is 43.7 Å². The van der Waals surface area contributed by atoms with E-state index in [0.717, 1.165) is 57.1 Å². The number of fused-ring (bicyclic) bond motifs is 3. The molecule has 6 rings (SSSR count). The molecular formula is C36H55FN4O3. The molecule has 0 aromatic heterocycles. The summed E-state index contributed by atoms with van der Waals surface area (Å²) in [6, 6.07) is 6.07. The summed E-state index contributed by atoms with van der Waals surface area (Å²) >= 11 is 0. The lowest BCUT2D eigenvalue weighted by molar-refractivity contribution is -0.148. The number of rotatable bonds is 8. The van der Waals surface area contributed by atoms with Gasteiger partial charge in [0.05, 0.1) is 11.3 Å². The number of hydrogen-bond acceptors (Lipinski definition) is 4. The van der Waals surface area contributed by atoms with Crippen LogP contribution in [0.3, 0.4) is 0 Å². The molecule has 1 aromatic carbocycles. The van der Waals surface area contributed by atoms with Gasteiger partial charge in [0.25, 0.3) is 0 Å². The topological polar surface area (TPSA) is 81.8 Å². The zero-order valence-electron chi connectivity index (χ0n) is 27.7. The van der Waals surface area contributed by atoms with Crippen molar-refractivity contribution in [3.05, 3.63) is 35.6 Å². The highest BCUT2D eigenvalue weighted by atomic mass is 19.1. The highest BCUT2D eigenvalue weighted by Gasteiger charge is 2.50. The van der Waals surface area contributed by atoms with Crippen molar-refractivity contribution in [3.8, 4) is 0 Å². The average Bonchev–Trinajstić information content (AvgIpc) is 3.01. The van der Waals surface area contributed by atoms with E-state index in [1.807, 2.05) is 25.7 Å². The Morgan fingerprint density at radius 2 is 1.64 bits per heavy atom. The van der Waals surface area contributed by atoms with Crippen molar-refractivity contribution < 1.29 is 18.8 Å². The monoisotopic (exact) mass is 610 g/mol.